The van der Waals surface area contributed by atoms with E-state index < -0.39 is 58.5 Å². The number of halogens is 8. The summed E-state index contributed by atoms with van der Waals surface area (Å²) >= 11 is 12.3. The third-order valence-electron chi connectivity index (χ3n) is 6.85. The van der Waals surface area contributed by atoms with Gasteiger partial charge in [0.05, 0.1) is 16.5 Å². The summed E-state index contributed by atoms with van der Waals surface area (Å²) < 4.78 is 81.2. The summed E-state index contributed by atoms with van der Waals surface area (Å²) in [5.74, 6) is -2.30. The maximum absolute atomic E-state index is 13.6. The van der Waals surface area contributed by atoms with E-state index in [2.05, 4.69) is 5.32 Å². The zero-order chi connectivity index (χ0) is 27.6. The summed E-state index contributed by atoms with van der Waals surface area (Å²) in [5, 5.41) is 3.32. The number of fused-ring (bicyclic) bond motifs is 3. The summed E-state index contributed by atoms with van der Waals surface area (Å²) in [7, 11) is 0. The molecule has 0 unspecified atom stereocenters. The highest BCUT2D eigenvalue weighted by atomic mass is 35.5. The van der Waals surface area contributed by atoms with Crippen molar-refractivity contribution in [2.45, 2.75) is 30.1 Å². The molecular weight excluding hydrogens is 555 g/mol. The van der Waals surface area contributed by atoms with Crippen LogP contribution in [0.4, 0.5) is 32.0 Å². The largest absolute Gasteiger partial charge is 0.416 e. The average Bonchev–Trinajstić information content (AvgIpc) is 2.82. The number of hydrogen-bond acceptors (Lipinski definition) is 2. The second kappa shape index (κ2) is 8.88. The van der Waals surface area contributed by atoms with Crippen LogP contribution in [-0.2, 0) is 27.4 Å². The smallest absolute Gasteiger partial charge is 0.325 e. The summed E-state index contributed by atoms with van der Waals surface area (Å²) in [4.78, 5) is 27.1. The summed E-state index contributed by atoms with van der Waals surface area (Å²) in [6.45, 7) is 0. The van der Waals surface area contributed by atoms with Gasteiger partial charge in [-0.15, -0.1) is 0 Å². The molecule has 0 aromatic heterocycles. The van der Waals surface area contributed by atoms with Crippen LogP contribution in [0.2, 0.25) is 10.0 Å². The minimum Gasteiger partial charge on any atom is -0.325 e. The molecule has 5 rings (SSSR count). The lowest BCUT2D eigenvalue weighted by atomic mass is 9.58. The number of benzene rings is 3. The number of nitrogens with one attached hydrogen (secondary N) is 1. The summed E-state index contributed by atoms with van der Waals surface area (Å²) in [6, 6.07) is 11.9. The van der Waals surface area contributed by atoms with Gasteiger partial charge < -0.3 is 5.32 Å². The number of allylic oxidation sites excluding steroid dienone is 2. The molecular formula is C27H15Cl2F6NO2. The molecule has 3 nitrogen and oxygen atoms in total. The molecule has 1 amide bonds. The first kappa shape index (κ1) is 26.3. The molecule has 0 saturated carbocycles. The van der Waals surface area contributed by atoms with Crippen molar-refractivity contribution in [3.63, 3.8) is 0 Å². The summed E-state index contributed by atoms with van der Waals surface area (Å²) in [5.41, 5.74) is -4.36. The van der Waals surface area contributed by atoms with Crippen LogP contribution in [0.25, 0.3) is 5.57 Å². The fourth-order valence-electron chi connectivity index (χ4n) is 5.13. The lowest BCUT2D eigenvalue weighted by Crippen LogP contribution is -2.51. The maximum atomic E-state index is 13.6. The zero-order valence-corrected chi connectivity index (χ0v) is 20.5. The first-order valence-corrected chi connectivity index (χ1v) is 11.9. The third kappa shape index (κ3) is 4.37. The second-order valence-electron chi connectivity index (χ2n) is 9.12. The minimum atomic E-state index is -5.09. The fourth-order valence-corrected chi connectivity index (χ4v) is 5.49. The van der Waals surface area contributed by atoms with Gasteiger partial charge in [0.1, 0.15) is 0 Å². The van der Waals surface area contributed by atoms with E-state index in [1.165, 1.54) is 24.3 Å². The average molecular weight is 570 g/mol. The maximum Gasteiger partial charge on any atom is 0.416 e. The van der Waals surface area contributed by atoms with Crippen LogP contribution in [0.1, 0.15) is 40.2 Å². The molecule has 3 aromatic rings. The number of hydrogen-bond donors (Lipinski definition) is 1. The molecule has 0 radical (unpaired) electrons. The zero-order valence-electron chi connectivity index (χ0n) is 19.0. The SMILES string of the molecule is O=C1C[C@@]2(c3cccc(Cl)c3)C(=O)Nc3cc(Cl)ccc3[C@H]2C=C1c1cc(C(F)(F)F)cc(C(F)(F)F)c1. The molecule has 1 aliphatic carbocycles. The highest BCUT2D eigenvalue weighted by Gasteiger charge is 2.54. The van der Waals surface area contributed by atoms with Gasteiger partial charge in [-0.3, -0.25) is 9.59 Å². The minimum absolute atomic E-state index is 0.00101. The Morgan fingerprint density at radius 2 is 1.45 bits per heavy atom. The molecule has 1 N–H and O–H groups in total. The molecule has 1 aliphatic heterocycles. The predicted octanol–water partition coefficient (Wildman–Crippen LogP) is 8.06. The highest BCUT2D eigenvalue weighted by Crippen LogP contribution is 2.54. The Morgan fingerprint density at radius 1 is 0.816 bits per heavy atom. The third-order valence-corrected chi connectivity index (χ3v) is 7.32. The van der Waals surface area contributed by atoms with Gasteiger partial charge in [-0.2, -0.15) is 26.3 Å². The fraction of sp³-hybridized carbons (Fsp3) is 0.185. The Balaban J connectivity index is 1.79. The van der Waals surface area contributed by atoms with Crippen molar-refractivity contribution in [1.29, 1.82) is 0 Å². The first-order valence-electron chi connectivity index (χ1n) is 11.1. The van der Waals surface area contributed by atoms with Crippen molar-refractivity contribution in [3.8, 4) is 0 Å². The van der Waals surface area contributed by atoms with Crippen molar-refractivity contribution >= 4 is 46.2 Å². The van der Waals surface area contributed by atoms with Crippen molar-refractivity contribution in [1.82, 2.24) is 0 Å². The Kier molecular flexibility index (Phi) is 6.15. The van der Waals surface area contributed by atoms with Crippen molar-refractivity contribution in [2.24, 2.45) is 0 Å². The van der Waals surface area contributed by atoms with Crippen LogP contribution in [0.15, 0.2) is 66.7 Å². The summed E-state index contributed by atoms with van der Waals surface area (Å²) in [6.07, 6.45) is -9.43. The van der Waals surface area contributed by atoms with Gasteiger partial charge >= 0.3 is 12.4 Å². The van der Waals surface area contributed by atoms with Crippen molar-refractivity contribution < 1.29 is 35.9 Å². The van der Waals surface area contributed by atoms with E-state index in [0.717, 1.165) is 0 Å². The molecule has 0 fully saturated rings. The van der Waals surface area contributed by atoms with Gasteiger partial charge in [-0.05, 0) is 59.2 Å². The number of carbonyl (C=O) groups excluding carboxylic acids is 2. The van der Waals surface area contributed by atoms with Gasteiger partial charge in [-0.1, -0.05) is 47.5 Å². The first-order chi connectivity index (χ1) is 17.7. The van der Waals surface area contributed by atoms with E-state index in [-0.39, 0.29) is 16.7 Å². The van der Waals surface area contributed by atoms with E-state index in [0.29, 0.717) is 34.0 Å². The molecule has 11 heteroatoms. The monoisotopic (exact) mass is 569 g/mol. The van der Waals surface area contributed by atoms with Crippen LogP contribution >= 0.6 is 23.2 Å². The molecule has 1 heterocycles. The highest BCUT2D eigenvalue weighted by molar-refractivity contribution is 6.31. The lowest BCUT2D eigenvalue weighted by molar-refractivity contribution is -0.143. The van der Waals surface area contributed by atoms with Gasteiger partial charge in [0, 0.05) is 33.6 Å². The van der Waals surface area contributed by atoms with Gasteiger partial charge in [-0.25, -0.2) is 0 Å². The lowest BCUT2D eigenvalue weighted by Gasteiger charge is -2.45. The molecule has 2 aliphatic rings. The normalized spacial score (nSPS) is 21.4. The van der Waals surface area contributed by atoms with Crippen LogP contribution in [0.3, 0.4) is 0 Å². The number of Topliss-reactive ketones (excluding diaryl/α,β-unsaturated/α-hetero) is 1. The van der Waals surface area contributed by atoms with E-state index in [1.807, 2.05) is 0 Å². The number of ketones is 1. The quantitative estimate of drug-likeness (QED) is 0.317. The number of alkyl halides is 6. The Morgan fingerprint density at radius 3 is 2.05 bits per heavy atom. The van der Waals surface area contributed by atoms with E-state index in [9.17, 15) is 35.9 Å². The Labute approximate surface area is 222 Å². The molecule has 0 spiro atoms. The molecule has 38 heavy (non-hydrogen) atoms. The van der Waals surface area contributed by atoms with Crippen LogP contribution < -0.4 is 5.32 Å². The standard InChI is InChI=1S/C27H15Cl2F6NO2/c28-17-3-1-2-14(9-17)25-12-23(37)20(11-21(25)19-5-4-18(29)10-22(19)36-24(25)38)13-6-15(26(30,31)32)8-16(7-13)27(33,34)35/h1-11,21H,12H2,(H,36,38)/t21-,25+/m1/s1. The van der Waals surface area contributed by atoms with Crippen LogP contribution in [0.5, 0.6) is 0 Å². The second-order valence-corrected chi connectivity index (χ2v) is 9.99. The van der Waals surface area contributed by atoms with Crippen molar-refractivity contribution in [2.75, 3.05) is 5.32 Å². The Hall–Kier alpha value is -3.30. The van der Waals surface area contributed by atoms with E-state index in [1.54, 1.807) is 24.3 Å². The number of amides is 1. The molecule has 2 atom stereocenters. The van der Waals surface area contributed by atoms with E-state index in [4.69, 9.17) is 23.2 Å². The van der Waals surface area contributed by atoms with Crippen LogP contribution in [0, 0.1) is 0 Å². The van der Waals surface area contributed by atoms with Gasteiger partial charge in [0.15, 0.2) is 5.78 Å². The van der Waals surface area contributed by atoms with Crippen molar-refractivity contribution in [3.05, 3.63) is 105 Å². The van der Waals surface area contributed by atoms with Crippen LogP contribution in [-0.4, -0.2) is 11.7 Å². The number of carbonyl (C=O) groups is 2. The predicted molar refractivity (Wildman–Crippen MR) is 130 cm³/mol. The topological polar surface area (TPSA) is 46.2 Å². The molecule has 0 saturated heterocycles. The molecule has 196 valence electrons. The molecule has 0 bridgehead atoms. The van der Waals surface area contributed by atoms with E-state index >= 15 is 0 Å². The van der Waals surface area contributed by atoms with Gasteiger partial charge in [0.2, 0.25) is 5.91 Å². The molecule has 3 aromatic carbocycles. The Bertz CT molecular complexity index is 1500. The number of anilines is 1. The number of rotatable bonds is 2. The van der Waals surface area contributed by atoms with Gasteiger partial charge in [0.25, 0.3) is 0 Å².